The molecule has 6 heteroatoms. The van der Waals surface area contributed by atoms with Crippen molar-refractivity contribution in [1.29, 1.82) is 0 Å². The fourth-order valence-electron chi connectivity index (χ4n) is 2.35. The maximum Gasteiger partial charge on any atom is 0.265 e. The van der Waals surface area contributed by atoms with Crippen LogP contribution in [0.4, 0.5) is 5.69 Å². The third-order valence-electron chi connectivity index (χ3n) is 3.76. The van der Waals surface area contributed by atoms with E-state index in [0.29, 0.717) is 28.0 Å². The van der Waals surface area contributed by atoms with Crippen molar-refractivity contribution in [3.63, 3.8) is 0 Å². The number of para-hydroxylation sites is 1. The highest BCUT2D eigenvalue weighted by molar-refractivity contribution is 6.32. The topological polar surface area (TPSA) is 56.8 Å². The van der Waals surface area contributed by atoms with Gasteiger partial charge in [0.15, 0.2) is 6.10 Å². The number of rotatable bonds is 7. The van der Waals surface area contributed by atoms with Crippen molar-refractivity contribution in [2.45, 2.75) is 26.4 Å². The number of methoxy groups -OCH3 is 2. The van der Waals surface area contributed by atoms with Crippen LogP contribution in [0.2, 0.25) is 5.02 Å². The number of ether oxygens (including phenoxy) is 3. The average molecular weight is 364 g/mol. The van der Waals surface area contributed by atoms with Crippen LogP contribution in [0.5, 0.6) is 17.2 Å². The largest absolute Gasteiger partial charge is 0.495 e. The van der Waals surface area contributed by atoms with Crippen LogP contribution in [0.25, 0.3) is 0 Å². The van der Waals surface area contributed by atoms with Gasteiger partial charge in [0.2, 0.25) is 0 Å². The van der Waals surface area contributed by atoms with E-state index in [2.05, 4.69) is 5.32 Å². The molecule has 0 heterocycles. The van der Waals surface area contributed by atoms with E-state index in [0.717, 1.165) is 12.0 Å². The molecule has 5 nitrogen and oxygen atoms in total. The average Bonchev–Trinajstić information content (AvgIpc) is 2.62. The predicted molar refractivity (Wildman–Crippen MR) is 99.1 cm³/mol. The molecule has 0 bridgehead atoms. The Morgan fingerprint density at radius 2 is 1.80 bits per heavy atom. The monoisotopic (exact) mass is 363 g/mol. The molecular weight excluding hydrogens is 342 g/mol. The molecule has 0 saturated heterocycles. The van der Waals surface area contributed by atoms with Crippen LogP contribution in [-0.2, 0) is 11.2 Å². The highest BCUT2D eigenvalue weighted by Gasteiger charge is 2.19. The lowest BCUT2D eigenvalue weighted by Gasteiger charge is -2.18. The zero-order chi connectivity index (χ0) is 18.4. The molecule has 0 fully saturated rings. The number of anilines is 1. The summed E-state index contributed by atoms with van der Waals surface area (Å²) in [6.07, 6.45) is 0.145. The van der Waals surface area contributed by atoms with Crippen LogP contribution in [0.1, 0.15) is 19.4 Å². The summed E-state index contributed by atoms with van der Waals surface area (Å²) in [4.78, 5) is 12.5. The fraction of sp³-hybridized carbons (Fsp3) is 0.316. The molecule has 1 N–H and O–H groups in total. The Bertz CT molecular complexity index is 748. The molecule has 2 aromatic carbocycles. The molecule has 1 atom stereocenters. The minimum Gasteiger partial charge on any atom is -0.495 e. The Kier molecular flexibility index (Phi) is 6.53. The Labute approximate surface area is 152 Å². The second kappa shape index (κ2) is 8.62. The highest BCUT2D eigenvalue weighted by atomic mass is 35.5. The summed E-state index contributed by atoms with van der Waals surface area (Å²) in [5.74, 6) is 1.30. The number of hydrogen-bond donors (Lipinski definition) is 1. The number of nitrogens with one attached hydrogen (secondary N) is 1. The Balaban J connectivity index is 2.16. The molecule has 134 valence electrons. The maximum atomic E-state index is 12.5. The number of carbonyl (C=O) groups excluding carboxylic acids is 1. The van der Waals surface area contributed by atoms with Crippen molar-refractivity contribution in [2.75, 3.05) is 19.5 Å². The summed E-state index contributed by atoms with van der Waals surface area (Å²) in [6.45, 7) is 3.74. The fourth-order valence-corrected chi connectivity index (χ4v) is 2.58. The van der Waals surface area contributed by atoms with Crippen LogP contribution >= 0.6 is 11.6 Å². The molecule has 2 aromatic rings. The number of aryl methyl sites for hydroxylation is 1. The maximum absolute atomic E-state index is 12.5. The summed E-state index contributed by atoms with van der Waals surface area (Å²) in [5.41, 5.74) is 1.51. The van der Waals surface area contributed by atoms with E-state index in [-0.39, 0.29) is 5.91 Å². The lowest BCUT2D eigenvalue weighted by molar-refractivity contribution is -0.122. The van der Waals surface area contributed by atoms with Gasteiger partial charge in [-0.1, -0.05) is 36.7 Å². The van der Waals surface area contributed by atoms with Crippen molar-refractivity contribution in [3.8, 4) is 17.2 Å². The van der Waals surface area contributed by atoms with Gasteiger partial charge in [-0.05, 0) is 25.0 Å². The second-order valence-corrected chi connectivity index (χ2v) is 5.80. The molecule has 0 radical (unpaired) electrons. The SMILES string of the molecule is CCc1ccccc1O[C@H](C)C(=O)Nc1cc(OC)c(Cl)cc1OC. The molecule has 0 aliphatic heterocycles. The van der Waals surface area contributed by atoms with Crippen LogP contribution < -0.4 is 19.5 Å². The molecule has 0 aromatic heterocycles. The summed E-state index contributed by atoms with van der Waals surface area (Å²) in [6, 6.07) is 10.9. The number of hydrogen-bond acceptors (Lipinski definition) is 4. The molecule has 0 saturated carbocycles. The van der Waals surface area contributed by atoms with Crippen LogP contribution in [0, 0.1) is 0 Å². The van der Waals surface area contributed by atoms with Gasteiger partial charge in [0, 0.05) is 12.1 Å². The molecular formula is C19H22ClNO4. The predicted octanol–water partition coefficient (Wildman–Crippen LogP) is 4.33. The van der Waals surface area contributed by atoms with Gasteiger partial charge in [-0.3, -0.25) is 4.79 Å². The van der Waals surface area contributed by atoms with Crippen molar-refractivity contribution < 1.29 is 19.0 Å². The van der Waals surface area contributed by atoms with Gasteiger partial charge in [-0.15, -0.1) is 0 Å². The molecule has 25 heavy (non-hydrogen) atoms. The van der Waals surface area contributed by atoms with Gasteiger partial charge in [0.1, 0.15) is 17.2 Å². The van der Waals surface area contributed by atoms with Crippen LogP contribution in [0.15, 0.2) is 36.4 Å². The summed E-state index contributed by atoms with van der Waals surface area (Å²) in [5, 5.41) is 3.19. The quantitative estimate of drug-likeness (QED) is 0.795. The van der Waals surface area contributed by atoms with Gasteiger partial charge in [0.05, 0.1) is 24.9 Å². The Morgan fingerprint density at radius 1 is 1.12 bits per heavy atom. The minimum atomic E-state index is -0.681. The summed E-state index contributed by atoms with van der Waals surface area (Å²) < 4.78 is 16.3. The Morgan fingerprint density at radius 3 is 2.44 bits per heavy atom. The number of halogens is 1. The molecule has 0 unspecified atom stereocenters. The van der Waals surface area contributed by atoms with Crippen molar-refractivity contribution in [1.82, 2.24) is 0 Å². The first kappa shape index (κ1) is 18.9. The van der Waals surface area contributed by atoms with E-state index >= 15 is 0 Å². The summed E-state index contributed by atoms with van der Waals surface area (Å²) in [7, 11) is 3.01. The van der Waals surface area contributed by atoms with Crippen LogP contribution in [-0.4, -0.2) is 26.2 Å². The standard InChI is InChI=1S/C19H22ClNO4/c1-5-13-8-6-7-9-16(13)25-12(2)19(22)21-15-11-17(23-3)14(20)10-18(15)24-4/h6-12H,5H2,1-4H3,(H,21,22)/t12-/m1/s1. The van der Waals surface area contributed by atoms with Gasteiger partial charge in [-0.25, -0.2) is 0 Å². The molecule has 0 spiro atoms. The number of benzene rings is 2. The van der Waals surface area contributed by atoms with Crippen molar-refractivity contribution >= 4 is 23.2 Å². The number of amides is 1. The van der Waals surface area contributed by atoms with Crippen molar-refractivity contribution in [3.05, 3.63) is 47.0 Å². The molecule has 0 aliphatic carbocycles. The zero-order valence-electron chi connectivity index (χ0n) is 14.8. The number of carbonyl (C=O) groups is 1. The summed E-state index contributed by atoms with van der Waals surface area (Å²) >= 11 is 6.08. The van der Waals surface area contributed by atoms with Crippen molar-refractivity contribution in [2.24, 2.45) is 0 Å². The van der Waals surface area contributed by atoms with E-state index in [9.17, 15) is 4.79 Å². The second-order valence-electron chi connectivity index (χ2n) is 5.40. The highest BCUT2D eigenvalue weighted by Crippen LogP contribution is 2.36. The van der Waals surface area contributed by atoms with Crippen LogP contribution in [0.3, 0.4) is 0 Å². The third-order valence-corrected chi connectivity index (χ3v) is 4.05. The normalized spacial score (nSPS) is 11.6. The smallest absolute Gasteiger partial charge is 0.265 e. The van der Waals surface area contributed by atoms with Gasteiger partial charge < -0.3 is 19.5 Å². The van der Waals surface area contributed by atoms with Gasteiger partial charge >= 0.3 is 0 Å². The Hall–Kier alpha value is -2.40. The lowest BCUT2D eigenvalue weighted by Crippen LogP contribution is -2.30. The van der Waals surface area contributed by atoms with Gasteiger partial charge in [0.25, 0.3) is 5.91 Å². The first-order chi connectivity index (χ1) is 12.0. The first-order valence-corrected chi connectivity index (χ1v) is 8.34. The minimum absolute atomic E-state index is 0.298. The van der Waals surface area contributed by atoms with Gasteiger partial charge in [-0.2, -0.15) is 0 Å². The van der Waals surface area contributed by atoms with E-state index in [1.165, 1.54) is 14.2 Å². The molecule has 2 rings (SSSR count). The van der Waals surface area contributed by atoms with E-state index in [1.54, 1.807) is 19.1 Å². The first-order valence-electron chi connectivity index (χ1n) is 7.97. The molecule has 1 amide bonds. The third kappa shape index (κ3) is 4.57. The lowest BCUT2D eigenvalue weighted by atomic mass is 10.1. The van der Waals surface area contributed by atoms with E-state index < -0.39 is 6.10 Å². The van der Waals surface area contributed by atoms with E-state index in [1.807, 2.05) is 31.2 Å². The molecule has 0 aliphatic rings. The zero-order valence-corrected chi connectivity index (χ0v) is 15.5. The van der Waals surface area contributed by atoms with E-state index in [4.69, 9.17) is 25.8 Å².